The minimum absolute atomic E-state index is 0.00750. The molecule has 0 radical (unpaired) electrons. The second kappa shape index (κ2) is 23.0. The lowest BCUT2D eigenvalue weighted by atomic mass is 9.73. The third kappa shape index (κ3) is 10.9. The third-order valence-electron chi connectivity index (χ3n) is 18.8. The van der Waals surface area contributed by atoms with Gasteiger partial charge in [-0.3, -0.25) is 0 Å². The fourth-order valence-corrected chi connectivity index (χ4v) is 14.6. The van der Waals surface area contributed by atoms with Crippen molar-refractivity contribution in [2.24, 2.45) is 29.6 Å². The molecule has 25 unspecified atom stereocenters. The fourth-order valence-electron chi connectivity index (χ4n) is 14.2. The lowest BCUT2D eigenvalue weighted by molar-refractivity contribution is -0.400. The van der Waals surface area contributed by atoms with Crippen LogP contribution in [0.2, 0.25) is 0 Å². The van der Waals surface area contributed by atoms with E-state index in [1.165, 1.54) is 26.4 Å². The topological polar surface area (TPSA) is 227 Å². The third-order valence-corrected chi connectivity index (χ3v) is 19.6. The van der Waals surface area contributed by atoms with E-state index in [1.807, 2.05) is 34.6 Å². The van der Waals surface area contributed by atoms with Crippen LogP contribution in [0.3, 0.4) is 0 Å². The number of aliphatic carboxylic acids is 1. The van der Waals surface area contributed by atoms with Crippen molar-refractivity contribution in [3.8, 4) is 0 Å². The first-order valence-corrected chi connectivity index (χ1v) is 28.1. The summed E-state index contributed by atoms with van der Waals surface area (Å²) in [6, 6.07) is 6.35. The average molecular weight is 1180 g/mol. The van der Waals surface area contributed by atoms with Crippen molar-refractivity contribution in [3.63, 3.8) is 0 Å². The number of methoxy groups -OCH3 is 5. The van der Waals surface area contributed by atoms with E-state index in [1.54, 1.807) is 54.2 Å². The molecule has 1 spiro atoms. The van der Waals surface area contributed by atoms with Crippen molar-refractivity contribution in [2.75, 3.05) is 35.5 Å². The molecule has 25 atom stereocenters. The SMILES string of the molecule is COC1CCC(OC2C(C)C(C3CCC(C4CCC(C5(C)OC6(OC(CC7OC(O)(C(OC(=O)c8ccc(I)cc8)C(=O)[O-])C(C)C(OC)C7(C)OC)CC(OC)C6C)C(C)C5OC)O4)O3)OC(C)(O)C2C)OC1C. The maximum atomic E-state index is 13.4. The van der Waals surface area contributed by atoms with Crippen LogP contribution in [0.1, 0.15) is 124 Å². The fraction of sp³-hybridized carbons (Fsp3) is 0.855. The van der Waals surface area contributed by atoms with Crippen LogP contribution < -0.4 is 5.11 Å². The molecule has 426 valence electrons. The molecule has 0 bridgehead atoms. The first-order valence-electron chi connectivity index (χ1n) is 27.0. The van der Waals surface area contributed by atoms with Crippen molar-refractivity contribution in [3.05, 3.63) is 33.4 Å². The van der Waals surface area contributed by atoms with Gasteiger partial charge >= 0.3 is 5.97 Å². The summed E-state index contributed by atoms with van der Waals surface area (Å²) in [6.07, 6.45) is -3.72. The predicted molar refractivity (Wildman–Crippen MR) is 274 cm³/mol. The zero-order valence-electron chi connectivity index (χ0n) is 46.2. The van der Waals surface area contributed by atoms with E-state index in [2.05, 4.69) is 29.5 Å². The van der Waals surface area contributed by atoms with Crippen molar-refractivity contribution in [1.82, 2.24) is 0 Å². The van der Waals surface area contributed by atoms with E-state index in [0.29, 0.717) is 32.1 Å². The van der Waals surface area contributed by atoms with Crippen molar-refractivity contribution in [2.45, 2.75) is 234 Å². The summed E-state index contributed by atoms with van der Waals surface area (Å²) in [4.78, 5) is 26.4. The van der Waals surface area contributed by atoms with E-state index in [0.717, 1.165) is 16.4 Å². The van der Waals surface area contributed by atoms with Crippen LogP contribution in [0.15, 0.2) is 24.3 Å². The van der Waals surface area contributed by atoms with Gasteiger partial charge in [-0.1, -0.05) is 34.6 Å². The number of carbonyl (C=O) groups excluding carboxylic acids is 2. The normalized spacial score (nSPS) is 48.7. The summed E-state index contributed by atoms with van der Waals surface area (Å²) in [7, 11) is 7.93. The summed E-state index contributed by atoms with van der Waals surface area (Å²) < 4.78 is 91.2. The Bertz CT molecular complexity index is 2120. The summed E-state index contributed by atoms with van der Waals surface area (Å²) in [5, 5.41) is 37.1. The monoisotopic (exact) mass is 1180 g/mol. The van der Waals surface area contributed by atoms with E-state index >= 15 is 0 Å². The molecule has 0 aromatic heterocycles. The number of ether oxygens (including phenoxy) is 14. The molecule has 19 nitrogen and oxygen atoms in total. The molecule has 1 aromatic carbocycles. The number of aliphatic hydroxyl groups is 2. The molecule has 7 aliphatic rings. The standard InChI is InChI=1S/C55H85IO19/c1-27-44(70-43-24-22-36(62-10)32(6)67-43)29(3)53(9,60)74-45(27)39-20-19-37(68-39)38-21-23-41(69-38)52(8)47(65-13)31(5)55(75-52)28(2)40(63-11)25-35(72-55)26-42-51(7,66-14)46(64-12)30(4)54(61,73-42)48(49(57)58)71-50(59)33-15-17-34(56)18-16-33/h15-18,27-32,35-48,60-61H,19-26H2,1-14H3,(H,57,58)/p-1. The molecular formula is C55H84IO19-. The van der Waals surface area contributed by atoms with Gasteiger partial charge in [-0.15, -0.1) is 0 Å². The minimum Gasteiger partial charge on any atom is -0.546 e. The number of carbonyl (C=O) groups is 2. The van der Waals surface area contributed by atoms with Gasteiger partial charge < -0.3 is 86.4 Å². The Morgan fingerprint density at radius 2 is 1.37 bits per heavy atom. The summed E-state index contributed by atoms with van der Waals surface area (Å²) in [6.45, 7) is 17.2. The molecule has 7 aliphatic heterocycles. The van der Waals surface area contributed by atoms with E-state index < -0.39 is 102 Å². The molecule has 0 saturated carbocycles. The highest BCUT2D eigenvalue weighted by Crippen LogP contribution is 2.57. The zero-order chi connectivity index (χ0) is 54.7. The van der Waals surface area contributed by atoms with Gasteiger partial charge in [-0.2, -0.15) is 0 Å². The first kappa shape index (κ1) is 59.4. The van der Waals surface area contributed by atoms with Gasteiger partial charge in [0.1, 0.15) is 11.2 Å². The number of rotatable bonds is 16. The molecular weight excluding hydrogens is 1090 g/mol. The number of hydrogen-bond acceptors (Lipinski definition) is 19. The van der Waals surface area contributed by atoms with Gasteiger partial charge in [0, 0.05) is 88.0 Å². The van der Waals surface area contributed by atoms with Crippen molar-refractivity contribution >= 4 is 34.5 Å². The molecule has 2 N–H and O–H groups in total. The Balaban J connectivity index is 0.980. The van der Waals surface area contributed by atoms with Crippen LogP contribution in [0.5, 0.6) is 0 Å². The largest absolute Gasteiger partial charge is 0.546 e. The van der Waals surface area contributed by atoms with Crippen LogP contribution in [0.25, 0.3) is 0 Å². The zero-order valence-corrected chi connectivity index (χ0v) is 48.4. The van der Waals surface area contributed by atoms with Crippen LogP contribution in [0.4, 0.5) is 0 Å². The van der Waals surface area contributed by atoms with E-state index in [-0.39, 0.29) is 72.3 Å². The van der Waals surface area contributed by atoms with Crippen molar-refractivity contribution < 1.29 is 91.2 Å². The van der Waals surface area contributed by atoms with Crippen LogP contribution in [0, 0.1) is 33.2 Å². The Morgan fingerprint density at radius 1 is 0.733 bits per heavy atom. The van der Waals surface area contributed by atoms with Gasteiger partial charge in [-0.25, -0.2) is 4.79 Å². The lowest BCUT2D eigenvalue weighted by Crippen LogP contribution is -2.73. The Labute approximate surface area is 456 Å². The lowest BCUT2D eigenvalue weighted by Gasteiger charge is -2.57. The number of carboxylic acids is 1. The first-order chi connectivity index (χ1) is 35.4. The second-order valence-electron chi connectivity index (χ2n) is 23.1. The highest BCUT2D eigenvalue weighted by atomic mass is 127. The van der Waals surface area contributed by atoms with Crippen LogP contribution in [-0.4, -0.2) is 178 Å². The summed E-state index contributed by atoms with van der Waals surface area (Å²) >= 11 is 2.09. The molecule has 7 saturated heterocycles. The van der Waals surface area contributed by atoms with Gasteiger partial charge in [0.15, 0.2) is 24.0 Å². The quantitative estimate of drug-likeness (QED) is 0.163. The Hall–Kier alpha value is -1.71. The minimum atomic E-state index is -2.65. The predicted octanol–water partition coefficient (Wildman–Crippen LogP) is 5.08. The number of hydrogen-bond donors (Lipinski definition) is 2. The Kier molecular flexibility index (Phi) is 18.2. The molecule has 8 rings (SSSR count). The van der Waals surface area contributed by atoms with Gasteiger partial charge in [0.05, 0.1) is 90.9 Å². The maximum absolute atomic E-state index is 13.4. The second-order valence-corrected chi connectivity index (χ2v) is 24.3. The molecule has 1 aromatic rings. The number of esters is 1. The highest BCUT2D eigenvalue weighted by Gasteiger charge is 2.70. The Morgan fingerprint density at radius 3 is 1.99 bits per heavy atom. The number of carboxylic acid groups (broad SMARTS) is 1. The van der Waals surface area contributed by atoms with Gasteiger partial charge in [0.2, 0.25) is 5.79 Å². The molecule has 7 heterocycles. The van der Waals surface area contributed by atoms with Crippen molar-refractivity contribution in [1.29, 1.82) is 0 Å². The molecule has 0 amide bonds. The summed E-state index contributed by atoms with van der Waals surface area (Å²) in [5.74, 6) is -10.5. The molecule has 7 fully saturated rings. The van der Waals surface area contributed by atoms with Gasteiger partial charge in [-0.05, 0) is 107 Å². The van der Waals surface area contributed by atoms with E-state index in [9.17, 15) is 24.9 Å². The molecule has 0 aliphatic carbocycles. The molecule has 20 heteroatoms. The number of halogens is 1. The highest BCUT2D eigenvalue weighted by molar-refractivity contribution is 14.1. The van der Waals surface area contributed by atoms with E-state index in [4.69, 9.17) is 66.3 Å². The van der Waals surface area contributed by atoms with Crippen LogP contribution >= 0.6 is 22.6 Å². The molecule has 75 heavy (non-hydrogen) atoms. The van der Waals surface area contributed by atoms with Crippen LogP contribution in [-0.2, 0) is 71.1 Å². The average Bonchev–Trinajstić information content (AvgIpc) is 4.12. The smallest absolute Gasteiger partial charge is 0.338 e. The maximum Gasteiger partial charge on any atom is 0.338 e. The summed E-state index contributed by atoms with van der Waals surface area (Å²) in [5.41, 5.74) is -2.22. The number of benzene rings is 1. The van der Waals surface area contributed by atoms with Gasteiger partial charge in [0.25, 0.3) is 0 Å².